The molecule has 6 nitrogen and oxygen atoms in total. The molecule has 0 aliphatic heterocycles. The van der Waals surface area contributed by atoms with Gasteiger partial charge in [0.25, 0.3) is 0 Å². The van der Waals surface area contributed by atoms with Gasteiger partial charge in [0.2, 0.25) is 5.91 Å². The molecule has 214 valence electrons. The van der Waals surface area contributed by atoms with E-state index in [2.05, 4.69) is 10.6 Å². The molecule has 2 saturated carbocycles. The van der Waals surface area contributed by atoms with E-state index in [0.29, 0.717) is 12.3 Å². The number of rotatable bonds is 9. The number of aliphatic hydroxyl groups is 1. The van der Waals surface area contributed by atoms with E-state index in [1.54, 1.807) is 6.92 Å². The summed E-state index contributed by atoms with van der Waals surface area (Å²) in [5, 5.41) is 18.2. The topological polar surface area (TPSA) is 87.7 Å². The van der Waals surface area contributed by atoms with Gasteiger partial charge in [-0.2, -0.15) is 0 Å². The van der Waals surface area contributed by atoms with Gasteiger partial charge in [0.15, 0.2) is 0 Å². The highest BCUT2D eigenvalue weighted by Gasteiger charge is 2.40. The number of carbonyl (C=O) groups excluding carboxylic acids is 2. The Bertz CT molecular complexity index is 1270. The van der Waals surface area contributed by atoms with Crippen molar-refractivity contribution in [1.82, 2.24) is 10.6 Å². The lowest BCUT2D eigenvalue weighted by Crippen LogP contribution is -2.61. The summed E-state index contributed by atoms with van der Waals surface area (Å²) in [6.45, 7) is 1.54. The minimum Gasteiger partial charge on any atom is -0.446 e. The Morgan fingerprint density at radius 1 is 0.975 bits per heavy atom. The summed E-state index contributed by atoms with van der Waals surface area (Å²) < 4.78 is 6.00. The van der Waals surface area contributed by atoms with Crippen molar-refractivity contribution >= 4 is 22.8 Å². The van der Waals surface area contributed by atoms with Crippen molar-refractivity contribution in [2.24, 2.45) is 11.8 Å². The number of amides is 2. The lowest BCUT2D eigenvalue weighted by atomic mass is 9.71. The molecule has 5 unspecified atom stereocenters. The van der Waals surface area contributed by atoms with Gasteiger partial charge in [0.1, 0.15) is 11.6 Å². The molecule has 3 aromatic rings. The molecule has 3 aromatic carbocycles. The fourth-order valence-corrected chi connectivity index (χ4v) is 6.53. The molecule has 5 rings (SSSR count). The van der Waals surface area contributed by atoms with Crippen LogP contribution in [0.1, 0.15) is 64.0 Å². The number of hydrogen-bond donors (Lipinski definition) is 3. The summed E-state index contributed by atoms with van der Waals surface area (Å²) in [5.74, 6) is 0.823. The summed E-state index contributed by atoms with van der Waals surface area (Å²) in [7, 11) is 0. The molecule has 0 spiro atoms. The second-order valence-corrected chi connectivity index (χ2v) is 11.6. The van der Waals surface area contributed by atoms with Crippen LogP contribution >= 0.6 is 0 Å². The van der Waals surface area contributed by atoms with Gasteiger partial charge < -0.3 is 20.5 Å². The predicted octanol–water partition coefficient (Wildman–Crippen LogP) is 6.19. The maximum Gasteiger partial charge on any atom is 0.408 e. The first-order valence-electron chi connectivity index (χ1n) is 14.3. The lowest BCUT2D eigenvalue weighted by molar-refractivity contribution is -0.128. The number of aliphatic hydroxyl groups excluding tert-OH is 1. The molecular weight excluding hydrogens is 500 g/mol. The standard InChI is InChI=1S/C33H40N2O4.CH4/c1-33(21-27-15-8-13-25-12-5-6-16-29(25)27,31(37)34-28(22-36)20-23-9-3-2-4-10-23)35-32(38)39-30-18-17-24-11-7-14-26(30)19-24;/h2-6,8-10,12-13,15-16,24,26,28,30,36H,7,11,14,17-22H2,1H3,(H,34,37)(H,35,38);1H4. The second kappa shape index (κ2) is 13.3. The fraction of sp³-hybridized carbons (Fsp3) is 0.471. The largest absolute Gasteiger partial charge is 0.446 e. The Balaban J connectivity index is 0.00000370. The first-order chi connectivity index (χ1) is 18.9. The molecule has 0 heterocycles. The lowest BCUT2D eigenvalue weighted by Gasteiger charge is -2.40. The van der Waals surface area contributed by atoms with Crippen LogP contribution in [-0.2, 0) is 22.4 Å². The Labute approximate surface area is 238 Å². The summed E-state index contributed by atoms with van der Waals surface area (Å²) in [4.78, 5) is 27.2. The van der Waals surface area contributed by atoms with Crippen LogP contribution in [0, 0.1) is 11.8 Å². The zero-order valence-electron chi connectivity index (χ0n) is 22.8. The molecule has 2 bridgehead atoms. The number of benzene rings is 3. The molecule has 0 aromatic heterocycles. The van der Waals surface area contributed by atoms with Crippen molar-refractivity contribution in [2.75, 3.05) is 6.61 Å². The van der Waals surface area contributed by atoms with Crippen molar-refractivity contribution in [3.8, 4) is 0 Å². The van der Waals surface area contributed by atoms with Gasteiger partial charge in [-0.1, -0.05) is 93.1 Å². The Morgan fingerprint density at radius 3 is 2.52 bits per heavy atom. The quantitative estimate of drug-likeness (QED) is 0.300. The minimum absolute atomic E-state index is 0. The van der Waals surface area contributed by atoms with Gasteiger partial charge in [0, 0.05) is 6.42 Å². The molecule has 2 amide bonds. The maximum absolute atomic E-state index is 13.9. The highest BCUT2D eigenvalue weighted by atomic mass is 16.6. The van der Waals surface area contributed by atoms with Crippen LogP contribution in [0.5, 0.6) is 0 Å². The second-order valence-electron chi connectivity index (χ2n) is 11.6. The summed E-state index contributed by atoms with van der Waals surface area (Å²) >= 11 is 0. The Hall–Kier alpha value is -3.38. The van der Waals surface area contributed by atoms with Crippen LogP contribution in [0.15, 0.2) is 72.8 Å². The van der Waals surface area contributed by atoms with E-state index in [1.807, 2.05) is 72.8 Å². The van der Waals surface area contributed by atoms with Gasteiger partial charge >= 0.3 is 6.09 Å². The summed E-state index contributed by atoms with van der Waals surface area (Å²) in [5.41, 5.74) is 0.695. The Kier molecular flexibility index (Phi) is 9.85. The number of nitrogens with one attached hydrogen (secondary N) is 2. The van der Waals surface area contributed by atoms with Crippen molar-refractivity contribution in [2.45, 2.75) is 83.4 Å². The third-order valence-electron chi connectivity index (χ3n) is 8.65. The van der Waals surface area contributed by atoms with Crippen LogP contribution in [0.3, 0.4) is 0 Å². The van der Waals surface area contributed by atoms with E-state index < -0.39 is 17.7 Å². The zero-order chi connectivity index (χ0) is 27.2. The monoisotopic (exact) mass is 544 g/mol. The van der Waals surface area contributed by atoms with Crippen LogP contribution in [0.2, 0.25) is 0 Å². The molecule has 0 radical (unpaired) electrons. The zero-order valence-corrected chi connectivity index (χ0v) is 22.8. The SMILES string of the molecule is C.CC(Cc1cccc2ccccc12)(NC(=O)OC1CCC2CCCC1C2)C(=O)NC(CO)Cc1ccccc1. The van der Waals surface area contributed by atoms with E-state index in [0.717, 1.165) is 53.5 Å². The number of fused-ring (bicyclic) bond motifs is 3. The number of ether oxygens (including phenoxy) is 1. The smallest absolute Gasteiger partial charge is 0.408 e. The van der Waals surface area contributed by atoms with Crippen LogP contribution < -0.4 is 10.6 Å². The average Bonchev–Trinajstić information content (AvgIpc) is 2.95. The number of alkyl carbamates (subject to hydrolysis) is 1. The van der Waals surface area contributed by atoms with Crippen molar-refractivity contribution < 1.29 is 19.4 Å². The van der Waals surface area contributed by atoms with Gasteiger partial charge in [-0.3, -0.25) is 4.79 Å². The number of carbonyl (C=O) groups is 2. The molecule has 2 fully saturated rings. The normalized spacial score (nSPS) is 22.3. The van der Waals surface area contributed by atoms with E-state index in [1.165, 1.54) is 12.8 Å². The van der Waals surface area contributed by atoms with Gasteiger partial charge in [0.05, 0.1) is 12.6 Å². The highest BCUT2D eigenvalue weighted by Crippen LogP contribution is 2.41. The van der Waals surface area contributed by atoms with Gasteiger partial charge in [-0.05, 0) is 72.8 Å². The van der Waals surface area contributed by atoms with E-state index >= 15 is 0 Å². The molecule has 5 atom stereocenters. The maximum atomic E-state index is 13.9. The van der Waals surface area contributed by atoms with Crippen molar-refractivity contribution in [1.29, 1.82) is 0 Å². The predicted molar refractivity (Wildman–Crippen MR) is 160 cm³/mol. The molecule has 3 N–H and O–H groups in total. The third kappa shape index (κ3) is 7.03. The first kappa shape index (κ1) is 29.6. The van der Waals surface area contributed by atoms with Crippen molar-refractivity contribution in [3.05, 3.63) is 83.9 Å². The van der Waals surface area contributed by atoms with Crippen LogP contribution in [0.25, 0.3) is 10.8 Å². The van der Waals surface area contributed by atoms with Crippen molar-refractivity contribution in [3.63, 3.8) is 0 Å². The average molecular weight is 545 g/mol. The van der Waals surface area contributed by atoms with E-state index in [-0.39, 0.29) is 32.5 Å². The number of hydrogen-bond acceptors (Lipinski definition) is 4. The molecule has 6 heteroatoms. The molecule has 40 heavy (non-hydrogen) atoms. The first-order valence-corrected chi connectivity index (χ1v) is 14.3. The molecule has 2 aliphatic rings. The molecule has 2 aliphatic carbocycles. The van der Waals surface area contributed by atoms with Gasteiger partial charge in [-0.15, -0.1) is 0 Å². The minimum atomic E-state index is -1.28. The summed E-state index contributed by atoms with van der Waals surface area (Å²) in [6, 6.07) is 23.3. The van der Waals surface area contributed by atoms with Gasteiger partial charge in [-0.25, -0.2) is 4.79 Å². The third-order valence-corrected chi connectivity index (χ3v) is 8.65. The van der Waals surface area contributed by atoms with E-state index in [9.17, 15) is 14.7 Å². The van der Waals surface area contributed by atoms with E-state index in [4.69, 9.17) is 4.74 Å². The fourth-order valence-electron chi connectivity index (χ4n) is 6.53. The highest BCUT2D eigenvalue weighted by molar-refractivity contribution is 5.92. The van der Waals surface area contributed by atoms with Crippen LogP contribution in [-0.4, -0.2) is 41.4 Å². The van der Waals surface area contributed by atoms with Crippen LogP contribution in [0.4, 0.5) is 4.79 Å². The molecular formula is C34H44N2O4. The summed E-state index contributed by atoms with van der Waals surface area (Å²) in [6.07, 6.45) is 6.81. The Morgan fingerprint density at radius 2 is 1.73 bits per heavy atom. The molecule has 0 saturated heterocycles.